The van der Waals surface area contributed by atoms with E-state index < -0.39 is 6.17 Å². The standard InChI is InChI=1S/C6H5ClN4O/c7-11-5(2-12)10-4-1-8-3-9-6(4)11/h1-3,5,10H. The summed E-state index contributed by atoms with van der Waals surface area (Å²) in [6.45, 7) is 0. The third kappa shape index (κ3) is 0.902. The summed E-state index contributed by atoms with van der Waals surface area (Å²) >= 11 is 5.76. The summed E-state index contributed by atoms with van der Waals surface area (Å²) in [5.74, 6) is 0.531. The predicted octanol–water partition coefficient (Wildman–Crippen LogP) is 0.387. The highest BCUT2D eigenvalue weighted by molar-refractivity contribution is 6.28. The molecule has 1 unspecified atom stereocenters. The number of rotatable bonds is 1. The number of aldehydes is 1. The number of carbonyl (C=O) groups is 1. The molecule has 5 nitrogen and oxygen atoms in total. The van der Waals surface area contributed by atoms with E-state index in [1.165, 1.54) is 10.7 Å². The molecule has 0 aliphatic carbocycles. The van der Waals surface area contributed by atoms with Crippen LogP contribution in [0.3, 0.4) is 0 Å². The van der Waals surface area contributed by atoms with Crippen molar-refractivity contribution < 1.29 is 4.79 Å². The molecule has 1 aliphatic rings. The molecule has 1 aliphatic heterocycles. The molecule has 0 aromatic carbocycles. The number of aromatic nitrogens is 2. The Balaban J connectivity index is 2.41. The Morgan fingerprint density at radius 2 is 2.58 bits per heavy atom. The molecule has 0 spiro atoms. The average Bonchev–Trinajstić information content (AvgIpc) is 2.44. The second-order valence-electron chi connectivity index (χ2n) is 2.30. The van der Waals surface area contributed by atoms with Crippen molar-refractivity contribution in [3.63, 3.8) is 0 Å². The van der Waals surface area contributed by atoms with Crippen LogP contribution in [0.2, 0.25) is 0 Å². The first-order valence-corrected chi connectivity index (χ1v) is 3.63. The van der Waals surface area contributed by atoms with Gasteiger partial charge in [-0.3, -0.25) is 4.79 Å². The molecule has 0 radical (unpaired) electrons. The molecule has 0 amide bonds. The number of nitrogens with one attached hydrogen (secondary N) is 1. The molecule has 1 N–H and O–H groups in total. The Morgan fingerprint density at radius 1 is 1.75 bits per heavy atom. The molecule has 0 saturated carbocycles. The molecule has 0 bridgehead atoms. The van der Waals surface area contributed by atoms with Crippen LogP contribution in [0, 0.1) is 0 Å². The molecule has 62 valence electrons. The monoisotopic (exact) mass is 184 g/mol. The van der Waals surface area contributed by atoms with Gasteiger partial charge in [0.05, 0.1) is 11.9 Å². The van der Waals surface area contributed by atoms with Crippen molar-refractivity contribution in [3.05, 3.63) is 12.5 Å². The van der Waals surface area contributed by atoms with Crippen molar-refractivity contribution in [2.75, 3.05) is 9.74 Å². The fourth-order valence-electron chi connectivity index (χ4n) is 1.03. The highest BCUT2D eigenvalue weighted by Crippen LogP contribution is 2.31. The number of halogens is 1. The number of hydrogen-bond acceptors (Lipinski definition) is 5. The largest absolute Gasteiger partial charge is 0.354 e. The van der Waals surface area contributed by atoms with Crippen LogP contribution in [0.15, 0.2) is 12.5 Å². The number of fused-ring (bicyclic) bond motifs is 1. The van der Waals surface area contributed by atoms with Crippen LogP contribution in [-0.2, 0) is 4.79 Å². The molecule has 6 heteroatoms. The minimum absolute atomic E-state index is 0.531. The van der Waals surface area contributed by atoms with Crippen LogP contribution in [0.1, 0.15) is 0 Å². The number of carbonyl (C=O) groups excluding carboxylic acids is 1. The minimum Gasteiger partial charge on any atom is -0.354 e. The summed E-state index contributed by atoms with van der Waals surface area (Å²) in [5, 5.41) is 2.83. The smallest absolute Gasteiger partial charge is 0.173 e. The summed E-state index contributed by atoms with van der Waals surface area (Å²) in [6.07, 6.45) is 3.11. The van der Waals surface area contributed by atoms with Gasteiger partial charge in [-0.25, -0.2) is 14.4 Å². The highest BCUT2D eigenvalue weighted by Gasteiger charge is 2.28. The maximum absolute atomic E-state index is 10.4. The van der Waals surface area contributed by atoms with Crippen LogP contribution in [0.25, 0.3) is 0 Å². The Morgan fingerprint density at radius 3 is 3.25 bits per heavy atom. The molecule has 1 aromatic rings. The molecule has 0 fully saturated rings. The van der Waals surface area contributed by atoms with Gasteiger partial charge in [0.25, 0.3) is 0 Å². The maximum Gasteiger partial charge on any atom is 0.173 e. The zero-order chi connectivity index (χ0) is 8.55. The summed E-state index contributed by atoms with van der Waals surface area (Å²) in [4.78, 5) is 18.1. The minimum atomic E-state index is -0.543. The number of hydrogen-bond donors (Lipinski definition) is 1. The third-order valence-electron chi connectivity index (χ3n) is 1.57. The summed E-state index contributed by atoms with van der Waals surface area (Å²) in [5.41, 5.74) is 0.671. The fraction of sp³-hybridized carbons (Fsp3) is 0.167. The van der Waals surface area contributed by atoms with E-state index in [0.29, 0.717) is 17.8 Å². The Bertz CT molecular complexity index is 318. The van der Waals surface area contributed by atoms with Gasteiger partial charge < -0.3 is 5.32 Å². The lowest BCUT2D eigenvalue weighted by atomic mass is 10.5. The van der Waals surface area contributed by atoms with Crippen molar-refractivity contribution in [3.8, 4) is 0 Å². The predicted molar refractivity (Wildman–Crippen MR) is 43.8 cm³/mol. The SMILES string of the molecule is O=CC1Nc2cncnc2N1Cl. The Labute approximate surface area is 73.5 Å². The third-order valence-corrected chi connectivity index (χ3v) is 1.94. The molecule has 0 saturated heterocycles. The van der Waals surface area contributed by atoms with Crippen LogP contribution in [0.4, 0.5) is 11.5 Å². The van der Waals surface area contributed by atoms with Gasteiger partial charge in [-0.15, -0.1) is 0 Å². The van der Waals surface area contributed by atoms with Crippen molar-refractivity contribution >= 4 is 29.6 Å². The molecular weight excluding hydrogens is 180 g/mol. The molecule has 1 atom stereocenters. The van der Waals surface area contributed by atoms with Gasteiger partial charge in [-0.2, -0.15) is 0 Å². The number of anilines is 2. The highest BCUT2D eigenvalue weighted by atomic mass is 35.5. The van der Waals surface area contributed by atoms with Crippen molar-refractivity contribution in [1.29, 1.82) is 0 Å². The van der Waals surface area contributed by atoms with Gasteiger partial charge in [-0.1, -0.05) is 0 Å². The fourth-order valence-corrected chi connectivity index (χ4v) is 1.26. The van der Waals surface area contributed by atoms with E-state index in [1.54, 1.807) is 6.20 Å². The lowest BCUT2D eigenvalue weighted by Gasteiger charge is -2.10. The average molecular weight is 185 g/mol. The molecule has 2 heterocycles. The topological polar surface area (TPSA) is 58.1 Å². The van der Waals surface area contributed by atoms with E-state index in [1.807, 2.05) is 0 Å². The van der Waals surface area contributed by atoms with Crippen LogP contribution in [0.5, 0.6) is 0 Å². The normalized spacial score (nSPS) is 20.1. The van der Waals surface area contributed by atoms with Crippen molar-refractivity contribution in [2.45, 2.75) is 6.17 Å². The molecule has 2 rings (SSSR count). The molecule has 1 aromatic heterocycles. The number of nitrogens with zero attached hydrogens (tertiary/aromatic N) is 3. The quantitative estimate of drug-likeness (QED) is 0.505. The van der Waals surface area contributed by atoms with E-state index in [4.69, 9.17) is 11.8 Å². The van der Waals surface area contributed by atoms with Crippen LogP contribution >= 0.6 is 11.8 Å². The van der Waals surface area contributed by atoms with Crippen LogP contribution < -0.4 is 9.74 Å². The first-order valence-electron chi connectivity index (χ1n) is 3.30. The molecular formula is C6H5ClN4O. The first-order chi connectivity index (χ1) is 5.83. The van der Waals surface area contributed by atoms with Crippen molar-refractivity contribution in [2.24, 2.45) is 0 Å². The second kappa shape index (κ2) is 2.60. The van der Waals surface area contributed by atoms with Crippen LogP contribution in [-0.4, -0.2) is 22.4 Å². The van der Waals surface area contributed by atoms with Gasteiger partial charge >= 0.3 is 0 Å². The van der Waals surface area contributed by atoms with Gasteiger partial charge in [0.1, 0.15) is 6.33 Å². The zero-order valence-electron chi connectivity index (χ0n) is 5.94. The molecule has 12 heavy (non-hydrogen) atoms. The van der Waals surface area contributed by atoms with Gasteiger partial charge in [0, 0.05) is 11.8 Å². The van der Waals surface area contributed by atoms with E-state index in [2.05, 4.69) is 15.3 Å². The first kappa shape index (κ1) is 7.30. The van der Waals surface area contributed by atoms with E-state index in [-0.39, 0.29) is 0 Å². The van der Waals surface area contributed by atoms with E-state index in [9.17, 15) is 4.79 Å². The van der Waals surface area contributed by atoms with Gasteiger partial charge in [0.15, 0.2) is 18.3 Å². The Hall–Kier alpha value is -1.36. The second-order valence-corrected chi connectivity index (χ2v) is 2.66. The van der Waals surface area contributed by atoms with E-state index in [0.717, 1.165) is 0 Å². The summed E-state index contributed by atoms with van der Waals surface area (Å²) in [6, 6.07) is 0. The van der Waals surface area contributed by atoms with Crippen molar-refractivity contribution in [1.82, 2.24) is 9.97 Å². The Kier molecular flexibility index (Phi) is 1.58. The zero-order valence-corrected chi connectivity index (χ0v) is 6.69. The lowest BCUT2D eigenvalue weighted by molar-refractivity contribution is -0.108. The van der Waals surface area contributed by atoms with Gasteiger partial charge in [-0.05, 0) is 0 Å². The summed E-state index contributed by atoms with van der Waals surface area (Å²) in [7, 11) is 0. The van der Waals surface area contributed by atoms with Gasteiger partial charge in [0.2, 0.25) is 0 Å². The summed E-state index contributed by atoms with van der Waals surface area (Å²) < 4.78 is 1.24. The lowest BCUT2D eigenvalue weighted by Crippen LogP contribution is -2.29. The maximum atomic E-state index is 10.4. The van der Waals surface area contributed by atoms with E-state index >= 15 is 0 Å².